The van der Waals surface area contributed by atoms with Crippen molar-refractivity contribution in [3.63, 3.8) is 0 Å². The van der Waals surface area contributed by atoms with E-state index >= 15 is 0 Å². The van der Waals surface area contributed by atoms with Gasteiger partial charge in [0.15, 0.2) is 0 Å². The number of carbonyl (C=O) groups excluding carboxylic acids is 2. The highest BCUT2D eigenvalue weighted by molar-refractivity contribution is 9.08. The van der Waals surface area contributed by atoms with Crippen LogP contribution in [0.2, 0.25) is 0 Å². The van der Waals surface area contributed by atoms with E-state index in [1.54, 1.807) is 14.1 Å². The zero-order valence-electron chi connectivity index (χ0n) is 38.3. The number of aliphatic hydroxyl groups is 2. The zero-order valence-corrected chi connectivity index (χ0v) is 40.7. The van der Waals surface area contributed by atoms with Crippen LogP contribution in [-0.2, 0) is 49.0 Å². The van der Waals surface area contributed by atoms with Crippen LogP contribution in [0.5, 0.6) is 0 Å². The molecular formula is C45H81BrN4O7S. The lowest BCUT2D eigenvalue weighted by Gasteiger charge is -1.99. The molecule has 0 aliphatic heterocycles. The first kappa shape index (κ1) is 71.7. The van der Waals surface area contributed by atoms with Crippen LogP contribution >= 0.6 is 15.9 Å². The topological polar surface area (TPSA) is 194 Å². The maximum atomic E-state index is 10.6. The highest BCUT2D eigenvalue weighted by Crippen LogP contribution is 2.03. The minimum absolute atomic E-state index is 0.00463. The lowest BCUT2D eigenvalue weighted by Crippen LogP contribution is -2.11. The van der Waals surface area contributed by atoms with E-state index in [0.29, 0.717) is 0 Å². The molecule has 0 unspecified atom stereocenters. The third-order valence-corrected chi connectivity index (χ3v) is 6.23. The van der Waals surface area contributed by atoms with E-state index < -0.39 is 10.1 Å². The van der Waals surface area contributed by atoms with Crippen molar-refractivity contribution in [3.8, 4) is 0 Å². The first-order chi connectivity index (χ1) is 27.9. The fourth-order valence-electron chi connectivity index (χ4n) is 2.48. The van der Waals surface area contributed by atoms with E-state index in [1.807, 2.05) is 165 Å². The van der Waals surface area contributed by atoms with Crippen LogP contribution in [0.3, 0.4) is 0 Å². The Morgan fingerprint density at radius 3 is 0.879 bits per heavy atom. The summed E-state index contributed by atoms with van der Waals surface area (Å²) < 4.78 is 25.8. The van der Waals surface area contributed by atoms with E-state index in [-0.39, 0.29) is 31.6 Å². The largest absolute Gasteiger partial charge is 0.392 e. The quantitative estimate of drug-likeness (QED) is 0.0810. The molecule has 0 spiro atoms. The van der Waals surface area contributed by atoms with Crippen molar-refractivity contribution in [2.45, 2.75) is 94.4 Å². The Morgan fingerprint density at radius 1 is 0.534 bits per heavy atom. The van der Waals surface area contributed by atoms with Gasteiger partial charge >= 0.3 is 0 Å². The van der Waals surface area contributed by atoms with Crippen LogP contribution in [0.4, 0.5) is 0 Å². The van der Waals surface area contributed by atoms with Gasteiger partial charge in [0.05, 0.1) is 26.1 Å². The molecule has 0 atom stereocenters. The van der Waals surface area contributed by atoms with E-state index in [0.717, 1.165) is 28.3 Å². The van der Waals surface area contributed by atoms with Gasteiger partial charge in [-0.05, 0) is 36.3 Å². The number of nitrogens with two attached hydrogens (primary N) is 2. The number of carbonyl (C=O) groups is 2. The summed E-state index contributed by atoms with van der Waals surface area (Å²) in [5.74, 6) is 0.00926. The molecule has 4 rings (SSSR count). The van der Waals surface area contributed by atoms with Gasteiger partial charge in [0.1, 0.15) is 0 Å². The average molecular weight is 902 g/mol. The van der Waals surface area contributed by atoms with Crippen LogP contribution < -0.4 is 22.1 Å². The normalized spacial score (nSPS) is 7.93. The summed E-state index contributed by atoms with van der Waals surface area (Å²) in [6.07, 6.45) is 1.04. The molecule has 336 valence electrons. The Labute approximate surface area is 363 Å². The monoisotopic (exact) mass is 901 g/mol. The lowest BCUT2D eigenvalue weighted by molar-refractivity contribution is -0.119. The number of rotatable bonds is 6. The number of benzene rings is 4. The van der Waals surface area contributed by atoms with Gasteiger partial charge in [0.2, 0.25) is 11.8 Å². The summed E-state index contributed by atoms with van der Waals surface area (Å²) in [5, 5.41) is 22.8. The summed E-state index contributed by atoms with van der Waals surface area (Å²) in [7, 11) is 2.88. The molecule has 58 heavy (non-hydrogen) atoms. The maximum absolute atomic E-state index is 10.6. The summed E-state index contributed by atoms with van der Waals surface area (Å²) in [5.41, 5.74) is 13.1. The molecule has 0 saturated heterocycles. The van der Waals surface area contributed by atoms with Gasteiger partial charge in [0.25, 0.3) is 10.1 Å². The molecular weight excluding hydrogens is 820 g/mol. The first-order valence-corrected chi connectivity index (χ1v) is 22.2. The van der Waals surface area contributed by atoms with Gasteiger partial charge in [-0.1, -0.05) is 193 Å². The highest BCUT2D eigenvalue weighted by atomic mass is 79.9. The molecule has 0 saturated carbocycles. The van der Waals surface area contributed by atoms with Crippen molar-refractivity contribution >= 4 is 37.9 Å². The predicted molar refractivity (Wildman–Crippen MR) is 255 cm³/mol. The fraction of sp³-hybridized carbons (Fsp3) is 0.422. The maximum Gasteiger partial charge on any atom is 0.264 e. The Kier molecular flexibility index (Phi) is 80.3. The van der Waals surface area contributed by atoms with Gasteiger partial charge in [0, 0.05) is 33.3 Å². The van der Waals surface area contributed by atoms with Crippen molar-refractivity contribution in [1.82, 2.24) is 10.6 Å². The van der Waals surface area contributed by atoms with Crippen molar-refractivity contribution in [2.75, 3.05) is 34.4 Å². The number of alkyl halides is 1. The molecule has 4 aromatic rings. The van der Waals surface area contributed by atoms with Crippen LogP contribution in [-0.4, -0.2) is 64.9 Å². The molecule has 0 radical (unpaired) electrons. The zero-order chi connectivity index (χ0) is 47.1. The second-order valence-electron chi connectivity index (χ2n) is 8.97. The number of aliphatic hydroxyl groups excluding tert-OH is 2. The molecule has 8 N–H and O–H groups in total. The Hall–Kier alpha value is -3.95. The third kappa shape index (κ3) is 69.9. The second kappa shape index (κ2) is 64.9. The molecule has 0 heterocycles. The van der Waals surface area contributed by atoms with E-state index in [4.69, 9.17) is 10.2 Å². The highest BCUT2D eigenvalue weighted by Gasteiger charge is 2.00. The summed E-state index contributed by atoms with van der Waals surface area (Å²) >= 11 is 3.36. The smallest absolute Gasteiger partial charge is 0.264 e. The molecule has 11 nitrogen and oxygen atoms in total. The molecule has 2 amide bonds. The van der Waals surface area contributed by atoms with E-state index in [9.17, 15) is 18.0 Å². The molecule has 4 aromatic carbocycles. The molecule has 0 aliphatic rings. The van der Waals surface area contributed by atoms with E-state index in [1.165, 1.54) is 33.5 Å². The van der Waals surface area contributed by atoms with Crippen LogP contribution in [0.25, 0.3) is 0 Å². The summed E-state index contributed by atoms with van der Waals surface area (Å²) in [6.45, 7) is 19.3. The molecule has 0 aliphatic carbocycles. The average Bonchev–Trinajstić information content (AvgIpc) is 3.31. The van der Waals surface area contributed by atoms with Crippen molar-refractivity contribution in [1.29, 1.82) is 0 Å². The predicted octanol–water partition coefficient (Wildman–Crippen LogP) is 8.86. The molecule has 0 fully saturated rings. The first-order valence-electron chi connectivity index (χ1n) is 19.2. The Morgan fingerprint density at radius 2 is 0.741 bits per heavy atom. The second-order valence-corrected chi connectivity index (χ2v) is 11.2. The molecule has 0 bridgehead atoms. The van der Waals surface area contributed by atoms with Crippen molar-refractivity contribution in [3.05, 3.63) is 144 Å². The van der Waals surface area contributed by atoms with Crippen LogP contribution in [0.1, 0.15) is 91.5 Å². The number of halogens is 1. The van der Waals surface area contributed by atoms with Gasteiger partial charge in [-0.3, -0.25) is 13.8 Å². The van der Waals surface area contributed by atoms with Crippen molar-refractivity contribution in [2.24, 2.45) is 11.5 Å². The fourth-order valence-corrected chi connectivity index (χ4v) is 3.21. The minimum Gasteiger partial charge on any atom is -0.392 e. The number of hydrogen-bond donors (Lipinski definition) is 6. The Balaban J connectivity index is -0.0000000832. The number of amides is 2. The Bertz CT molecular complexity index is 1280. The standard InChI is InChI=1S/C8H10O3S.C7H7Br.2C7H8O.2C3H7NO.4C2H6.2CH5N/c1-12(9,10)11-7-8-5-3-2-4-6-8;3*8-6-7-4-2-1-3-5-7;2*1-3(5)4-2;6*1-2/h2-6H,7H2,1H3;1-5H,6H2;2*1-5,8H,6H2;2*1-2H3,(H,4,5);4*1-2H3;2*2H2,1H3. The number of hydrogen-bond acceptors (Lipinski definition) is 9. The summed E-state index contributed by atoms with van der Waals surface area (Å²) in [6, 6.07) is 38.5. The SMILES string of the molecule is BrCc1ccccc1.CC.CC.CC.CC.CN.CN.CNC(C)=O.CNC(C)=O.CS(=O)(=O)OCc1ccccc1.OCc1ccccc1.OCc1ccccc1. The van der Waals surface area contributed by atoms with E-state index in [2.05, 4.69) is 54.3 Å². The van der Waals surface area contributed by atoms with Crippen LogP contribution in [0, 0.1) is 0 Å². The summed E-state index contributed by atoms with van der Waals surface area (Å²) in [4.78, 5) is 19.4. The van der Waals surface area contributed by atoms with Crippen molar-refractivity contribution < 1.29 is 32.4 Å². The lowest BCUT2D eigenvalue weighted by atomic mass is 10.2. The van der Waals surface area contributed by atoms with Gasteiger partial charge in [-0.2, -0.15) is 8.42 Å². The molecule has 0 aromatic heterocycles. The minimum atomic E-state index is -3.32. The van der Waals surface area contributed by atoms with Gasteiger partial charge in [-0.15, -0.1) is 0 Å². The molecule has 13 heteroatoms. The van der Waals surface area contributed by atoms with Gasteiger partial charge in [-0.25, -0.2) is 0 Å². The number of nitrogens with one attached hydrogen (secondary N) is 2. The van der Waals surface area contributed by atoms with Crippen LogP contribution in [0.15, 0.2) is 121 Å². The van der Waals surface area contributed by atoms with Gasteiger partial charge < -0.3 is 32.3 Å². The third-order valence-electron chi connectivity index (χ3n) is 5.03.